The van der Waals surface area contributed by atoms with Gasteiger partial charge in [-0.05, 0) is 19.8 Å². The molecule has 7 nitrogen and oxygen atoms in total. The van der Waals surface area contributed by atoms with Gasteiger partial charge in [-0.15, -0.1) is 0 Å². The number of unbranched alkanes of at least 4 members (excludes halogenated alkanes) is 12. The minimum Gasteiger partial charge on any atom is -0.462 e. The molecular weight excluding hydrogens is 464 g/mol. The van der Waals surface area contributed by atoms with E-state index in [4.69, 9.17) is 10.5 Å². The largest absolute Gasteiger partial charge is 0.462 e. The van der Waals surface area contributed by atoms with Gasteiger partial charge in [0.05, 0.1) is 5.41 Å². The maximum absolute atomic E-state index is 13.1. The van der Waals surface area contributed by atoms with Crippen LogP contribution in [0.1, 0.15) is 124 Å². The van der Waals surface area contributed by atoms with E-state index in [0.717, 1.165) is 58.4 Å². The first-order chi connectivity index (χ1) is 18.0. The molecule has 1 unspecified atom stereocenters. The van der Waals surface area contributed by atoms with Gasteiger partial charge in [0, 0.05) is 45.8 Å². The van der Waals surface area contributed by atoms with Gasteiger partial charge in [0.25, 0.3) is 0 Å². The zero-order valence-corrected chi connectivity index (χ0v) is 24.9. The molecule has 7 heteroatoms. The van der Waals surface area contributed by atoms with Crippen molar-refractivity contribution in [3.63, 3.8) is 0 Å². The molecule has 0 bridgehead atoms. The number of ether oxygens (including phenoxy) is 1. The van der Waals surface area contributed by atoms with Crippen LogP contribution in [0.5, 0.6) is 0 Å². The molecule has 0 spiro atoms. The second-order valence-electron chi connectivity index (χ2n) is 11.0. The molecule has 0 aromatic rings. The van der Waals surface area contributed by atoms with Gasteiger partial charge >= 0.3 is 5.97 Å². The molecule has 0 aliphatic carbocycles. The van der Waals surface area contributed by atoms with Gasteiger partial charge in [-0.3, -0.25) is 4.79 Å². The maximum atomic E-state index is 13.1. The average Bonchev–Trinajstić information content (AvgIpc) is 2.89. The second-order valence-corrected chi connectivity index (χ2v) is 11.0. The molecule has 0 saturated heterocycles. The molecule has 222 valence electrons. The van der Waals surface area contributed by atoms with Crippen LogP contribution in [0.2, 0.25) is 0 Å². The Hall–Kier alpha value is -0.730. The van der Waals surface area contributed by atoms with Crippen LogP contribution in [0.3, 0.4) is 0 Å². The summed E-state index contributed by atoms with van der Waals surface area (Å²) in [5.74, 6) is -0.129. The molecule has 0 radical (unpaired) electrons. The van der Waals surface area contributed by atoms with Crippen LogP contribution < -0.4 is 21.7 Å². The lowest BCUT2D eigenvalue weighted by Crippen LogP contribution is -2.38. The van der Waals surface area contributed by atoms with Crippen molar-refractivity contribution in [1.29, 1.82) is 0 Å². The minimum absolute atomic E-state index is 0.0614. The van der Waals surface area contributed by atoms with Crippen LogP contribution in [0.15, 0.2) is 0 Å². The van der Waals surface area contributed by atoms with Crippen LogP contribution in [-0.4, -0.2) is 69.6 Å². The van der Waals surface area contributed by atoms with Crippen molar-refractivity contribution in [2.24, 2.45) is 11.1 Å². The smallest absolute Gasteiger partial charge is 0.311 e. The van der Waals surface area contributed by atoms with Crippen molar-refractivity contribution in [3.8, 4) is 0 Å². The highest BCUT2D eigenvalue weighted by molar-refractivity contribution is 5.76. The Morgan fingerprint density at radius 1 is 0.730 bits per heavy atom. The maximum Gasteiger partial charge on any atom is 0.311 e. The van der Waals surface area contributed by atoms with Crippen LogP contribution in [0.25, 0.3) is 0 Å². The van der Waals surface area contributed by atoms with Gasteiger partial charge in [0.1, 0.15) is 12.7 Å². The predicted molar refractivity (Wildman–Crippen MR) is 158 cm³/mol. The Morgan fingerprint density at radius 3 is 1.65 bits per heavy atom. The monoisotopic (exact) mass is 528 g/mol. The number of aliphatic hydroxyl groups is 1. The van der Waals surface area contributed by atoms with E-state index in [2.05, 4.69) is 36.7 Å². The second kappa shape index (κ2) is 26.9. The van der Waals surface area contributed by atoms with Crippen molar-refractivity contribution in [2.45, 2.75) is 130 Å². The fraction of sp³-hybridized carbons (Fsp3) is 0.967. The van der Waals surface area contributed by atoms with Crippen molar-refractivity contribution < 1.29 is 14.6 Å². The van der Waals surface area contributed by atoms with Crippen molar-refractivity contribution in [1.82, 2.24) is 16.0 Å². The first-order valence-corrected chi connectivity index (χ1v) is 15.7. The van der Waals surface area contributed by atoms with E-state index in [-0.39, 0.29) is 12.6 Å². The number of nitrogens with two attached hydrogens (primary N) is 1. The molecule has 0 aliphatic rings. The average molecular weight is 529 g/mol. The molecule has 0 rings (SSSR count). The molecule has 37 heavy (non-hydrogen) atoms. The molecule has 6 N–H and O–H groups in total. The number of aliphatic hydroxyl groups excluding tert-OH is 1. The number of carbonyl (C=O) groups excluding carboxylic acids is 1. The van der Waals surface area contributed by atoms with E-state index in [1.165, 1.54) is 77.0 Å². The zero-order valence-electron chi connectivity index (χ0n) is 24.9. The van der Waals surface area contributed by atoms with Crippen molar-refractivity contribution in [2.75, 3.05) is 52.4 Å². The number of hydrogen-bond acceptors (Lipinski definition) is 7. The molecular formula is C30H64N4O3. The van der Waals surface area contributed by atoms with Crippen LogP contribution in [-0.2, 0) is 9.53 Å². The number of carbonyl (C=O) groups is 1. The quantitative estimate of drug-likeness (QED) is 0.0693. The summed E-state index contributed by atoms with van der Waals surface area (Å²) in [7, 11) is 0. The number of rotatable bonds is 29. The van der Waals surface area contributed by atoms with E-state index in [1.54, 1.807) is 0 Å². The van der Waals surface area contributed by atoms with Crippen LogP contribution >= 0.6 is 0 Å². The lowest BCUT2D eigenvalue weighted by atomic mass is 9.79. The van der Waals surface area contributed by atoms with Crippen molar-refractivity contribution in [3.05, 3.63) is 0 Å². The number of hydrogen-bond donors (Lipinski definition) is 5. The van der Waals surface area contributed by atoms with E-state index in [0.29, 0.717) is 13.1 Å². The van der Waals surface area contributed by atoms with Crippen LogP contribution in [0.4, 0.5) is 0 Å². The van der Waals surface area contributed by atoms with E-state index in [1.807, 2.05) is 0 Å². The minimum atomic E-state index is -0.684. The molecule has 0 saturated carbocycles. The van der Waals surface area contributed by atoms with Gasteiger partial charge in [-0.2, -0.15) is 0 Å². The number of nitrogens with one attached hydrogen (secondary N) is 3. The summed E-state index contributed by atoms with van der Waals surface area (Å²) in [5, 5.41) is 20.1. The Balaban J connectivity index is 4.30. The summed E-state index contributed by atoms with van der Waals surface area (Å²) in [6, 6.07) is 0. The van der Waals surface area contributed by atoms with Gasteiger partial charge in [-0.25, -0.2) is 0 Å². The fourth-order valence-electron chi connectivity index (χ4n) is 4.65. The summed E-state index contributed by atoms with van der Waals surface area (Å²) in [5.41, 5.74) is 5.01. The fourth-order valence-corrected chi connectivity index (χ4v) is 4.65. The molecule has 0 aromatic carbocycles. The van der Waals surface area contributed by atoms with Gasteiger partial charge < -0.3 is 31.5 Å². The lowest BCUT2D eigenvalue weighted by molar-refractivity contribution is -0.159. The molecule has 1 atom stereocenters. The first-order valence-electron chi connectivity index (χ1n) is 15.7. The number of esters is 1. The predicted octanol–water partition coefficient (Wildman–Crippen LogP) is 4.91. The van der Waals surface area contributed by atoms with Crippen LogP contribution in [0, 0.1) is 5.41 Å². The van der Waals surface area contributed by atoms with Crippen molar-refractivity contribution >= 4 is 5.97 Å². The first kappa shape index (κ1) is 36.3. The molecule has 0 aromatic heterocycles. The summed E-state index contributed by atoms with van der Waals surface area (Å²) >= 11 is 0. The standard InChI is InChI=1S/C30H64N4O3/c1-4-6-8-10-12-14-16-18-30(3,19-17-15-13-11-9-7-5-2)29(36)37-27-28(35)26-34-25-24-33-23-22-32-21-20-31/h28,32-35H,4-27,31H2,1-3H3. The summed E-state index contributed by atoms with van der Waals surface area (Å²) in [6.07, 6.45) is 18.6. The third-order valence-electron chi connectivity index (χ3n) is 7.22. The summed E-state index contributed by atoms with van der Waals surface area (Å²) in [6.45, 7) is 11.9. The van der Waals surface area contributed by atoms with Gasteiger partial charge in [-0.1, -0.05) is 104 Å². The Labute approximate surface area is 229 Å². The highest BCUT2D eigenvalue weighted by atomic mass is 16.5. The molecule has 0 heterocycles. The Bertz CT molecular complexity index is 475. The van der Waals surface area contributed by atoms with E-state index >= 15 is 0 Å². The molecule has 0 fully saturated rings. The highest BCUT2D eigenvalue weighted by Gasteiger charge is 2.34. The third kappa shape index (κ3) is 22.9. The SMILES string of the molecule is CCCCCCCCCC(C)(CCCCCCCCC)C(=O)OCC(O)CNCCNCCNCCN. The summed E-state index contributed by atoms with van der Waals surface area (Å²) in [4.78, 5) is 13.1. The zero-order chi connectivity index (χ0) is 27.5. The van der Waals surface area contributed by atoms with E-state index in [9.17, 15) is 9.90 Å². The van der Waals surface area contributed by atoms with Gasteiger partial charge in [0.2, 0.25) is 0 Å². The normalized spacial score (nSPS) is 12.7. The van der Waals surface area contributed by atoms with Gasteiger partial charge in [0.15, 0.2) is 0 Å². The molecule has 0 aliphatic heterocycles. The Kier molecular flexibility index (Phi) is 26.3. The Morgan fingerprint density at radius 2 is 1.16 bits per heavy atom. The topological polar surface area (TPSA) is 109 Å². The molecule has 0 amide bonds. The lowest BCUT2D eigenvalue weighted by Gasteiger charge is -2.28. The van der Waals surface area contributed by atoms with E-state index < -0.39 is 11.5 Å². The third-order valence-corrected chi connectivity index (χ3v) is 7.22. The summed E-state index contributed by atoms with van der Waals surface area (Å²) < 4.78 is 5.66. The highest BCUT2D eigenvalue weighted by Crippen LogP contribution is 2.33.